The summed E-state index contributed by atoms with van der Waals surface area (Å²) in [5, 5.41) is 7.88. The van der Waals surface area contributed by atoms with Crippen LogP contribution < -0.4 is 5.32 Å². The SMILES string of the molecule is CC(CSC(C)(C)C)NCc1ccsc1. The summed E-state index contributed by atoms with van der Waals surface area (Å²) in [4.78, 5) is 0. The molecule has 0 fully saturated rings. The van der Waals surface area contributed by atoms with E-state index in [-0.39, 0.29) is 0 Å². The van der Waals surface area contributed by atoms with Gasteiger partial charge in [-0.1, -0.05) is 20.8 Å². The third-order valence-corrected chi connectivity index (χ3v) is 4.27. The summed E-state index contributed by atoms with van der Waals surface area (Å²) in [6.45, 7) is 10.1. The summed E-state index contributed by atoms with van der Waals surface area (Å²) < 4.78 is 0.373. The van der Waals surface area contributed by atoms with Gasteiger partial charge >= 0.3 is 0 Å². The molecule has 0 saturated carbocycles. The van der Waals surface area contributed by atoms with E-state index in [4.69, 9.17) is 0 Å². The van der Waals surface area contributed by atoms with E-state index in [0.717, 1.165) is 6.54 Å². The second-order valence-electron chi connectivity index (χ2n) is 4.84. The summed E-state index contributed by atoms with van der Waals surface area (Å²) in [5.74, 6) is 1.17. The zero-order chi connectivity index (χ0) is 11.3. The van der Waals surface area contributed by atoms with Crippen LogP contribution in [0.3, 0.4) is 0 Å². The molecule has 1 heterocycles. The van der Waals surface area contributed by atoms with Gasteiger partial charge in [0.2, 0.25) is 0 Å². The van der Waals surface area contributed by atoms with Crippen LogP contribution in [0.2, 0.25) is 0 Å². The van der Waals surface area contributed by atoms with Crippen LogP contribution >= 0.6 is 23.1 Å². The van der Waals surface area contributed by atoms with Crippen molar-refractivity contribution >= 4 is 23.1 Å². The molecular formula is C12H21NS2. The lowest BCUT2D eigenvalue weighted by molar-refractivity contribution is 0.594. The topological polar surface area (TPSA) is 12.0 Å². The fourth-order valence-corrected chi connectivity index (χ4v) is 2.66. The van der Waals surface area contributed by atoms with Crippen molar-refractivity contribution in [3.05, 3.63) is 22.4 Å². The Hall–Kier alpha value is 0.01000. The van der Waals surface area contributed by atoms with E-state index in [1.165, 1.54) is 11.3 Å². The summed E-state index contributed by atoms with van der Waals surface area (Å²) in [6.07, 6.45) is 0. The van der Waals surface area contributed by atoms with Crippen LogP contribution in [-0.4, -0.2) is 16.5 Å². The number of hydrogen-bond acceptors (Lipinski definition) is 3. The van der Waals surface area contributed by atoms with Crippen molar-refractivity contribution < 1.29 is 0 Å². The first kappa shape index (κ1) is 13.1. The Bertz CT molecular complexity index is 262. The van der Waals surface area contributed by atoms with Gasteiger partial charge in [-0.2, -0.15) is 23.1 Å². The van der Waals surface area contributed by atoms with Gasteiger partial charge in [-0.25, -0.2) is 0 Å². The summed E-state index contributed by atoms with van der Waals surface area (Å²) in [6, 6.07) is 2.76. The number of hydrogen-bond donors (Lipinski definition) is 1. The number of rotatable bonds is 5. The third-order valence-electron chi connectivity index (χ3n) is 2.00. The second-order valence-corrected chi connectivity index (χ2v) is 7.46. The maximum Gasteiger partial charge on any atom is 0.0216 e. The third kappa shape index (κ3) is 6.23. The molecule has 0 aliphatic rings. The minimum absolute atomic E-state index is 0.373. The predicted molar refractivity (Wildman–Crippen MR) is 72.8 cm³/mol. The van der Waals surface area contributed by atoms with Crippen LogP contribution in [0.4, 0.5) is 0 Å². The van der Waals surface area contributed by atoms with Crippen LogP contribution in [0.25, 0.3) is 0 Å². The van der Waals surface area contributed by atoms with E-state index >= 15 is 0 Å². The molecule has 0 aliphatic heterocycles. The fourth-order valence-electron chi connectivity index (χ4n) is 1.12. The van der Waals surface area contributed by atoms with Crippen molar-refractivity contribution in [1.29, 1.82) is 0 Å². The average molecular weight is 243 g/mol. The lowest BCUT2D eigenvalue weighted by Crippen LogP contribution is -2.29. The molecule has 1 N–H and O–H groups in total. The first-order valence-corrected chi connectivity index (χ1v) is 7.28. The standard InChI is InChI=1S/C12H21NS2/c1-10(8-15-12(2,3)4)13-7-11-5-6-14-9-11/h5-6,9-10,13H,7-8H2,1-4H3. The van der Waals surface area contributed by atoms with Gasteiger partial charge in [0.25, 0.3) is 0 Å². The molecule has 1 aromatic heterocycles. The first-order chi connectivity index (χ1) is 6.97. The summed E-state index contributed by atoms with van der Waals surface area (Å²) >= 11 is 3.78. The highest BCUT2D eigenvalue weighted by Crippen LogP contribution is 2.23. The molecule has 86 valence electrons. The highest BCUT2D eigenvalue weighted by molar-refractivity contribution is 8.00. The fraction of sp³-hybridized carbons (Fsp3) is 0.667. The molecular weight excluding hydrogens is 222 g/mol. The molecule has 0 bridgehead atoms. The van der Waals surface area contributed by atoms with E-state index < -0.39 is 0 Å². The van der Waals surface area contributed by atoms with Crippen LogP contribution in [0, 0.1) is 0 Å². The van der Waals surface area contributed by atoms with Crippen LogP contribution in [-0.2, 0) is 6.54 Å². The Morgan fingerprint density at radius 1 is 1.47 bits per heavy atom. The van der Waals surface area contributed by atoms with Gasteiger partial charge in [-0.05, 0) is 29.3 Å². The molecule has 3 heteroatoms. The quantitative estimate of drug-likeness (QED) is 0.845. The Kier molecular flexibility index (Phi) is 5.16. The minimum atomic E-state index is 0.373. The monoisotopic (exact) mass is 243 g/mol. The molecule has 1 atom stereocenters. The molecule has 0 saturated heterocycles. The van der Waals surface area contributed by atoms with Crippen LogP contribution in [0.5, 0.6) is 0 Å². The smallest absolute Gasteiger partial charge is 0.0216 e. The molecule has 0 spiro atoms. The Morgan fingerprint density at radius 3 is 2.73 bits per heavy atom. The zero-order valence-corrected chi connectivity index (χ0v) is 11.7. The summed E-state index contributed by atoms with van der Waals surface area (Å²) in [7, 11) is 0. The average Bonchev–Trinajstić information content (AvgIpc) is 2.62. The van der Waals surface area contributed by atoms with Gasteiger partial charge < -0.3 is 5.32 Å². The van der Waals surface area contributed by atoms with Crippen molar-refractivity contribution in [3.63, 3.8) is 0 Å². The van der Waals surface area contributed by atoms with Crippen LogP contribution in [0.1, 0.15) is 33.3 Å². The van der Waals surface area contributed by atoms with Crippen molar-refractivity contribution in [2.45, 2.75) is 45.0 Å². The molecule has 0 aliphatic carbocycles. The normalized spacial score (nSPS) is 14.1. The highest BCUT2D eigenvalue weighted by Gasteiger charge is 2.12. The van der Waals surface area contributed by atoms with Crippen molar-refractivity contribution in [2.24, 2.45) is 0 Å². The molecule has 15 heavy (non-hydrogen) atoms. The Labute approximate surface area is 102 Å². The molecule has 1 nitrogen and oxygen atoms in total. The van der Waals surface area contributed by atoms with E-state index in [0.29, 0.717) is 10.8 Å². The van der Waals surface area contributed by atoms with Crippen LogP contribution in [0.15, 0.2) is 16.8 Å². The van der Waals surface area contributed by atoms with Gasteiger partial charge in [-0.15, -0.1) is 0 Å². The lowest BCUT2D eigenvalue weighted by atomic mass is 10.3. The first-order valence-electron chi connectivity index (χ1n) is 5.36. The van der Waals surface area contributed by atoms with Gasteiger partial charge in [0.05, 0.1) is 0 Å². The molecule has 0 radical (unpaired) electrons. The minimum Gasteiger partial charge on any atom is -0.309 e. The molecule has 1 unspecified atom stereocenters. The van der Waals surface area contributed by atoms with E-state index in [1.54, 1.807) is 11.3 Å². The van der Waals surface area contributed by atoms with E-state index in [1.807, 2.05) is 11.8 Å². The number of thiophene rings is 1. The van der Waals surface area contributed by atoms with E-state index in [9.17, 15) is 0 Å². The van der Waals surface area contributed by atoms with E-state index in [2.05, 4.69) is 49.8 Å². The maximum absolute atomic E-state index is 3.54. The molecule has 1 aromatic rings. The number of thioether (sulfide) groups is 1. The molecule has 0 aromatic carbocycles. The van der Waals surface area contributed by atoms with Crippen molar-refractivity contribution in [3.8, 4) is 0 Å². The van der Waals surface area contributed by atoms with Gasteiger partial charge in [0.1, 0.15) is 0 Å². The maximum atomic E-state index is 3.54. The second kappa shape index (κ2) is 5.92. The zero-order valence-electron chi connectivity index (χ0n) is 10.0. The highest BCUT2D eigenvalue weighted by atomic mass is 32.2. The summed E-state index contributed by atoms with van der Waals surface area (Å²) in [5.41, 5.74) is 1.40. The predicted octanol–water partition coefficient (Wildman–Crippen LogP) is 3.76. The molecule has 0 amide bonds. The largest absolute Gasteiger partial charge is 0.309 e. The Morgan fingerprint density at radius 2 is 2.20 bits per heavy atom. The molecule has 1 rings (SSSR count). The van der Waals surface area contributed by atoms with Crippen molar-refractivity contribution in [2.75, 3.05) is 5.75 Å². The van der Waals surface area contributed by atoms with Gasteiger partial charge in [-0.3, -0.25) is 0 Å². The number of nitrogens with one attached hydrogen (secondary N) is 1. The Balaban J connectivity index is 2.16. The van der Waals surface area contributed by atoms with Gasteiger partial charge in [0, 0.05) is 23.1 Å². The van der Waals surface area contributed by atoms with Gasteiger partial charge in [0.15, 0.2) is 0 Å². The lowest BCUT2D eigenvalue weighted by Gasteiger charge is -2.21. The van der Waals surface area contributed by atoms with Crippen molar-refractivity contribution in [1.82, 2.24) is 5.32 Å².